The van der Waals surface area contributed by atoms with Gasteiger partial charge in [0.1, 0.15) is 5.82 Å². The number of aromatic nitrogens is 2. The Hall–Kier alpha value is -1.69. The van der Waals surface area contributed by atoms with Crippen LogP contribution in [-0.4, -0.2) is 22.2 Å². The molecule has 0 fully saturated rings. The number of amides is 1. The van der Waals surface area contributed by atoms with Gasteiger partial charge in [-0.05, 0) is 52.5 Å². The predicted octanol–water partition coefficient (Wildman–Crippen LogP) is 2.92. The van der Waals surface area contributed by atoms with Crippen LogP contribution >= 0.6 is 15.9 Å². The number of halogens is 2. The Bertz CT molecular complexity index is 587. The molecule has 0 aliphatic carbocycles. The highest BCUT2D eigenvalue weighted by Crippen LogP contribution is 2.16. The Morgan fingerprint density at radius 1 is 1.43 bits per heavy atom. The molecule has 1 heterocycles. The van der Waals surface area contributed by atoms with E-state index in [-0.39, 0.29) is 11.7 Å². The van der Waals surface area contributed by atoms with Crippen LogP contribution in [0, 0.1) is 5.82 Å². The Morgan fingerprint density at radius 2 is 2.29 bits per heavy atom. The number of rotatable bonds is 7. The van der Waals surface area contributed by atoms with Gasteiger partial charge in [0.05, 0.1) is 4.47 Å². The fraction of sp³-hybridized carbons (Fsp3) is 0.333. The fourth-order valence-corrected chi connectivity index (χ4v) is 2.39. The number of hydrogen-bond acceptors (Lipinski definition) is 2. The van der Waals surface area contributed by atoms with E-state index in [1.54, 1.807) is 18.3 Å². The number of hydrogen-bond donors (Lipinski definition) is 1. The van der Waals surface area contributed by atoms with Gasteiger partial charge in [-0.2, -0.15) is 5.10 Å². The van der Waals surface area contributed by atoms with Gasteiger partial charge in [0.2, 0.25) is 5.91 Å². The topological polar surface area (TPSA) is 46.9 Å². The molecule has 0 atom stereocenters. The molecule has 6 heteroatoms. The molecule has 0 spiro atoms. The van der Waals surface area contributed by atoms with Crippen molar-refractivity contribution in [1.29, 1.82) is 0 Å². The molecule has 2 rings (SSSR count). The monoisotopic (exact) mass is 353 g/mol. The van der Waals surface area contributed by atoms with Crippen LogP contribution in [-0.2, 0) is 17.8 Å². The summed E-state index contributed by atoms with van der Waals surface area (Å²) in [6.07, 6.45) is 5.53. The largest absolute Gasteiger partial charge is 0.356 e. The molecule has 2 aromatic rings. The SMILES string of the molecule is O=C(CCCn1cccn1)NCCc1ccc(F)c(Br)c1. The van der Waals surface area contributed by atoms with Crippen molar-refractivity contribution in [2.45, 2.75) is 25.8 Å². The Morgan fingerprint density at radius 3 is 3.00 bits per heavy atom. The van der Waals surface area contributed by atoms with Gasteiger partial charge in [-0.1, -0.05) is 6.07 Å². The van der Waals surface area contributed by atoms with Gasteiger partial charge < -0.3 is 5.32 Å². The minimum absolute atomic E-state index is 0.0309. The second kappa shape index (κ2) is 7.93. The summed E-state index contributed by atoms with van der Waals surface area (Å²) in [5, 5.41) is 6.95. The highest BCUT2D eigenvalue weighted by Gasteiger charge is 2.03. The highest BCUT2D eigenvalue weighted by atomic mass is 79.9. The Balaban J connectivity index is 1.63. The Kier molecular flexibility index (Phi) is 5.92. The van der Waals surface area contributed by atoms with Crippen LogP contribution in [0.25, 0.3) is 0 Å². The standard InChI is InChI=1S/C15H17BrFN3O/c16-13-11-12(4-5-14(13)17)6-8-18-15(21)3-1-9-20-10-2-7-19-20/h2,4-5,7,10-11H,1,3,6,8-9H2,(H,18,21). The molecule has 1 aromatic heterocycles. The second-order valence-electron chi connectivity index (χ2n) is 4.72. The van der Waals surface area contributed by atoms with E-state index in [1.165, 1.54) is 6.07 Å². The van der Waals surface area contributed by atoms with Crippen molar-refractivity contribution in [2.24, 2.45) is 0 Å². The van der Waals surface area contributed by atoms with Gasteiger partial charge in [0.15, 0.2) is 0 Å². The maximum Gasteiger partial charge on any atom is 0.220 e. The van der Waals surface area contributed by atoms with E-state index in [2.05, 4.69) is 26.3 Å². The number of carbonyl (C=O) groups excluding carboxylic acids is 1. The summed E-state index contributed by atoms with van der Waals surface area (Å²) in [6.45, 7) is 1.30. The lowest BCUT2D eigenvalue weighted by Crippen LogP contribution is -2.25. The van der Waals surface area contributed by atoms with Gasteiger partial charge in [-0.15, -0.1) is 0 Å². The molecule has 4 nitrogen and oxygen atoms in total. The molecule has 1 aromatic carbocycles. The van der Waals surface area contributed by atoms with E-state index >= 15 is 0 Å². The first-order valence-corrected chi connectivity index (χ1v) is 7.62. The first kappa shape index (κ1) is 15.7. The van der Waals surface area contributed by atoms with E-state index in [0.29, 0.717) is 23.9 Å². The summed E-state index contributed by atoms with van der Waals surface area (Å²) < 4.78 is 15.3. The molecular formula is C15H17BrFN3O. The quantitative estimate of drug-likeness (QED) is 0.831. The summed E-state index contributed by atoms with van der Waals surface area (Å²) in [5.41, 5.74) is 0.986. The minimum atomic E-state index is -0.276. The van der Waals surface area contributed by atoms with E-state index < -0.39 is 0 Å². The number of aryl methyl sites for hydroxylation is 1. The molecule has 0 unspecified atom stereocenters. The average molecular weight is 354 g/mol. The molecule has 0 bridgehead atoms. The molecule has 21 heavy (non-hydrogen) atoms. The van der Waals surface area contributed by atoms with Crippen molar-refractivity contribution in [3.8, 4) is 0 Å². The smallest absolute Gasteiger partial charge is 0.220 e. The first-order valence-electron chi connectivity index (χ1n) is 6.83. The third-order valence-electron chi connectivity index (χ3n) is 3.07. The van der Waals surface area contributed by atoms with Crippen molar-refractivity contribution in [3.63, 3.8) is 0 Å². The van der Waals surface area contributed by atoms with E-state index in [0.717, 1.165) is 18.5 Å². The van der Waals surface area contributed by atoms with Gasteiger partial charge in [-0.25, -0.2) is 4.39 Å². The molecule has 0 saturated carbocycles. The van der Waals surface area contributed by atoms with E-state index in [4.69, 9.17) is 0 Å². The molecule has 0 aliphatic heterocycles. The third kappa shape index (κ3) is 5.30. The van der Waals surface area contributed by atoms with Gasteiger partial charge >= 0.3 is 0 Å². The van der Waals surface area contributed by atoms with Crippen LogP contribution in [0.2, 0.25) is 0 Å². The minimum Gasteiger partial charge on any atom is -0.356 e. The second-order valence-corrected chi connectivity index (χ2v) is 5.58. The van der Waals surface area contributed by atoms with Crippen LogP contribution in [0.4, 0.5) is 4.39 Å². The summed E-state index contributed by atoms with van der Waals surface area (Å²) in [4.78, 5) is 11.7. The number of nitrogens with one attached hydrogen (secondary N) is 1. The van der Waals surface area contributed by atoms with Crippen molar-refractivity contribution < 1.29 is 9.18 Å². The van der Waals surface area contributed by atoms with Crippen molar-refractivity contribution in [2.75, 3.05) is 6.54 Å². The lowest BCUT2D eigenvalue weighted by Gasteiger charge is -2.06. The lowest BCUT2D eigenvalue weighted by atomic mass is 10.1. The maximum atomic E-state index is 13.1. The van der Waals surface area contributed by atoms with E-state index in [1.807, 2.05) is 16.9 Å². The first-order chi connectivity index (χ1) is 10.1. The molecule has 1 N–H and O–H groups in total. The number of carbonyl (C=O) groups is 1. The zero-order valence-electron chi connectivity index (χ0n) is 11.6. The van der Waals surface area contributed by atoms with Gasteiger partial charge in [0, 0.05) is 31.9 Å². The van der Waals surface area contributed by atoms with Crippen molar-refractivity contribution in [1.82, 2.24) is 15.1 Å². The maximum absolute atomic E-state index is 13.1. The Labute approximate surface area is 131 Å². The summed E-state index contributed by atoms with van der Waals surface area (Å²) in [7, 11) is 0. The van der Waals surface area contributed by atoms with E-state index in [9.17, 15) is 9.18 Å². The van der Waals surface area contributed by atoms with Gasteiger partial charge in [0.25, 0.3) is 0 Å². The molecule has 112 valence electrons. The summed E-state index contributed by atoms with van der Waals surface area (Å²) >= 11 is 3.15. The number of benzene rings is 1. The van der Waals surface area contributed by atoms with Crippen molar-refractivity contribution in [3.05, 3.63) is 52.5 Å². The normalized spacial score (nSPS) is 10.6. The zero-order chi connectivity index (χ0) is 15.1. The van der Waals surface area contributed by atoms with Crippen molar-refractivity contribution >= 4 is 21.8 Å². The molecular weight excluding hydrogens is 337 g/mol. The summed E-state index contributed by atoms with van der Waals surface area (Å²) in [5.74, 6) is -0.246. The van der Waals surface area contributed by atoms with Crippen LogP contribution < -0.4 is 5.32 Å². The molecule has 1 amide bonds. The van der Waals surface area contributed by atoms with Gasteiger partial charge in [-0.3, -0.25) is 9.48 Å². The average Bonchev–Trinajstić information content (AvgIpc) is 2.96. The molecule has 0 saturated heterocycles. The molecule has 0 aliphatic rings. The summed E-state index contributed by atoms with van der Waals surface area (Å²) in [6, 6.07) is 6.75. The highest BCUT2D eigenvalue weighted by molar-refractivity contribution is 9.10. The zero-order valence-corrected chi connectivity index (χ0v) is 13.1. The van der Waals surface area contributed by atoms with Crippen LogP contribution in [0.3, 0.4) is 0 Å². The van der Waals surface area contributed by atoms with Crippen LogP contribution in [0.1, 0.15) is 18.4 Å². The fourth-order valence-electron chi connectivity index (χ4n) is 1.96. The lowest BCUT2D eigenvalue weighted by molar-refractivity contribution is -0.121. The third-order valence-corrected chi connectivity index (χ3v) is 3.68. The molecule has 0 radical (unpaired) electrons. The predicted molar refractivity (Wildman–Crippen MR) is 82.3 cm³/mol. The van der Waals surface area contributed by atoms with Crippen LogP contribution in [0.15, 0.2) is 41.1 Å². The van der Waals surface area contributed by atoms with Crippen LogP contribution in [0.5, 0.6) is 0 Å². The number of nitrogens with zero attached hydrogens (tertiary/aromatic N) is 2.